The van der Waals surface area contributed by atoms with Crippen molar-refractivity contribution < 1.29 is 17.7 Å². The van der Waals surface area contributed by atoms with Gasteiger partial charge in [-0.05, 0) is 24.3 Å². The van der Waals surface area contributed by atoms with Crippen molar-refractivity contribution in [1.82, 2.24) is 4.72 Å². The van der Waals surface area contributed by atoms with Crippen LogP contribution in [0.25, 0.3) is 0 Å². The van der Waals surface area contributed by atoms with Gasteiger partial charge in [0.25, 0.3) is 0 Å². The summed E-state index contributed by atoms with van der Waals surface area (Å²) in [6, 6.07) is 4.82. The molecular formula is C13H22FN2O2S+. The van der Waals surface area contributed by atoms with Crippen molar-refractivity contribution in [3.63, 3.8) is 0 Å². The third kappa shape index (κ3) is 5.26. The van der Waals surface area contributed by atoms with Crippen LogP contribution in [-0.4, -0.2) is 35.6 Å². The molecule has 0 aliphatic heterocycles. The Morgan fingerprint density at radius 2 is 1.74 bits per heavy atom. The fraction of sp³-hybridized carbons (Fsp3) is 0.538. The van der Waals surface area contributed by atoms with E-state index < -0.39 is 15.8 Å². The Morgan fingerprint density at radius 1 is 1.21 bits per heavy atom. The van der Waals surface area contributed by atoms with E-state index in [1.54, 1.807) is 0 Å². The fourth-order valence-electron chi connectivity index (χ4n) is 2.01. The third-order valence-electron chi connectivity index (χ3n) is 2.70. The number of hydrogen-bond acceptors (Lipinski definition) is 2. The minimum absolute atomic E-state index is 0.0851. The standard InChI is InChI=1S/C13H21FN2O2S/c1-13(2,10-16(3)4)9-15-19(17,18)12-7-5-11(14)6-8-12/h5-8,15H,9-10H2,1-4H3/p+1. The highest BCUT2D eigenvalue weighted by atomic mass is 32.2. The van der Waals surface area contributed by atoms with Gasteiger partial charge in [-0.25, -0.2) is 17.5 Å². The summed E-state index contributed by atoms with van der Waals surface area (Å²) < 4.78 is 39.4. The maximum absolute atomic E-state index is 12.8. The monoisotopic (exact) mass is 289 g/mol. The van der Waals surface area contributed by atoms with Crippen molar-refractivity contribution in [2.24, 2.45) is 5.41 Å². The van der Waals surface area contributed by atoms with Crippen LogP contribution in [0.1, 0.15) is 13.8 Å². The van der Waals surface area contributed by atoms with Gasteiger partial charge in [0.15, 0.2) is 0 Å². The summed E-state index contributed by atoms with van der Waals surface area (Å²) in [6.07, 6.45) is 0. The Balaban J connectivity index is 2.73. The van der Waals surface area contributed by atoms with Crippen molar-refractivity contribution >= 4 is 10.0 Å². The predicted octanol–water partition coefficient (Wildman–Crippen LogP) is 0.275. The van der Waals surface area contributed by atoms with E-state index in [1.807, 2.05) is 27.9 Å². The third-order valence-corrected chi connectivity index (χ3v) is 4.11. The van der Waals surface area contributed by atoms with Crippen LogP contribution in [0.15, 0.2) is 29.2 Å². The molecule has 0 spiro atoms. The van der Waals surface area contributed by atoms with Gasteiger partial charge in [0.1, 0.15) is 5.82 Å². The zero-order chi connectivity index (χ0) is 14.7. The minimum Gasteiger partial charge on any atom is -0.339 e. The molecule has 0 saturated heterocycles. The van der Waals surface area contributed by atoms with Crippen LogP contribution in [0.4, 0.5) is 4.39 Å². The summed E-state index contributed by atoms with van der Waals surface area (Å²) in [4.78, 5) is 1.34. The van der Waals surface area contributed by atoms with E-state index in [2.05, 4.69) is 4.72 Å². The van der Waals surface area contributed by atoms with Crippen LogP contribution in [0.5, 0.6) is 0 Å². The van der Waals surface area contributed by atoms with Crippen molar-refractivity contribution in [3.05, 3.63) is 30.1 Å². The summed E-state index contributed by atoms with van der Waals surface area (Å²) in [5, 5.41) is 0. The number of hydrogen-bond donors (Lipinski definition) is 2. The Labute approximate surface area is 114 Å². The average molecular weight is 289 g/mol. The molecule has 1 rings (SSSR count). The molecular weight excluding hydrogens is 267 g/mol. The topological polar surface area (TPSA) is 50.6 Å². The first-order chi connectivity index (χ1) is 8.62. The summed E-state index contributed by atoms with van der Waals surface area (Å²) in [7, 11) is 0.476. The van der Waals surface area contributed by atoms with E-state index in [9.17, 15) is 12.8 Å². The molecule has 2 N–H and O–H groups in total. The van der Waals surface area contributed by atoms with E-state index in [0.717, 1.165) is 18.7 Å². The Hall–Kier alpha value is -0.980. The van der Waals surface area contributed by atoms with Crippen LogP contribution in [0.3, 0.4) is 0 Å². The first-order valence-corrected chi connectivity index (χ1v) is 7.65. The Bertz CT molecular complexity index is 510. The van der Waals surface area contributed by atoms with Gasteiger partial charge >= 0.3 is 0 Å². The van der Waals surface area contributed by atoms with Crippen LogP contribution < -0.4 is 9.62 Å². The largest absolute Gasteiger partial charge is 0.339 e. The quantitative estimate of drug-likeness (QED) is 0.790. The lowest BCUT2D eigenvalue weighted by Gasteiger charge is -2.25. The van der Waals surface area contributed by atoms with Gasteiger partial charge in [-0.3, -0.25) is 0 Å². The van der Waals surface area contributed by atoms with E-state index >= 15 is 0 Å². The van der Waals surface area contributed by atoms with Gasteiger partial charge in [-0.2, -0.15) is 0 Å². The van der Waals surface area contributed by atoms with Crippen LogP contribution in [0, 0.1) is 11.2 Å². The summed E-state index contributed by atoms with van der Waals surface area (Å²) in [5.74, 6) is -0.449. The first-order valence-electron chi connectivity index (χ1n) is 6.17. The Kier molecular flexibility index (Phi) is 5.06. The number of rotatable bonds is 6. The van der Waals surface area contributed by atoms with E-state index in [0.29, 0.717) is 6.54 Å². The molecule has 0 fully saturated rings. The van der Waals surface area contributed by atoms with Crippen molar-refractivity contribution in [1.29, 1.82) is 0 Å². The van der Waals surface area contributed by atoms with Crippen LogP contribution in [0.2, 0.25) is 0 Å². The van der Waals surface area contributed by atoms with Crippen LogP contribution in [-0.2, 0) is 10.0 Å². The zero-order valence-corrected chi connectivity index (χ0v) is 12.6. The number of sulfonamides is 1. The SMILES string of the molecule is C[NH+](C)CC(C)(C)CNS(=O)(=O)c1ccc(F)cc1. The lowest BCUT2D eigenvalue weighted by atomic mass is 9.93. The smallest absolute Gasteiger partial charge is 0.240 e. The normalized spacial score (nSPS) is 12.9. The highest BCUT2D eigenvalue weighted by molar-refractivity contribution is 7.89. The van der Waals surface area contributed by atoms with Crippen LogP contribution >= 0.6 is 0 Å². The lowest BCUT2D eigenvalue weighted by Crippen LogP contribution is -3.07. The average Bonchev–Trinajstić information content (AvgIpc) is 2.26. The maximum Gasteiger partial charge on any atom is 0.240 e. The van der Waals surface area contributed by atoms with Crippen molar-refractivity contribution in [3.8, 4) is 0 Å². The van der Waals surface area contributed by atoms with E-state index in [-0.39, 0.29) is 10.3 Å². The molecule has 4 nitrogen and oxygen atoms in total. The second-order valence-electron chi connectivity index (χ2n) is 5.83. The van der Waals surface area contributed by atoms with Gasteiger partial charge in [-0.15, -0.1) is 0 Å². The molecule has 6 heteroatoms. The zero-order valence-electron chi connectivity index (χ0n) is 11.8. The summed E-state index contributed by atoms with van der Waals surface area (Å²) in [5.41, 5.74) is -0.147. The molecule has 19 heavy (non-hydrogen) atoms. The van der Waals surface area contributed by atoms with Gasteiger partial charge in [-0.1, -0.05) is 13.8 Å². The molecule has 1 aromatic rings. The van der Waals surface area contributed by atoms with E-state index in [4.69, 9.17) is 0 Å². The molecule has 0 saturated carbocycles. The van der Waals surface area contributed by atoms with Crippen molar-refractivity contribution in [2.75, 3.05) is 27.2 Å². The Morgan fingerprint density at radius 3 is 2.21 bits per heavy atom. The van der Waals surface area contributed by atoms with Gasteiger partial charge < -0.3 is 4.90 Å². The number of halogens is 1. The lowest BCUT2D eigenvalue weighted by molar-refractivity contribution is -0.865. The molecule has 0 heterocycles. The molecule has 0 unspecified atom stereocenters. The second-order valence-corrected chi connectivity index (χ2v) is 7.59. The van der Waals surface area contributed by atoms with Gasteiger partial charge in [0.05, 0.1) is 25.5 Å². The molecule has 0 atom stereocenters. The fourth-order valence-corrected chi connectivity index (χ4v) is 3.25. The maximum atomic E-state index is 12.8. The number of nitrogens with one attached hydrogen (secondary N) is 2. The molecule has 1 aromatic carbocycles. The molecule has 0 aliphatic carbocycles. The number of benzene rings is 1. The molecule has 0 amide bonds. The van der Waals surface area contributed by atoms with E-state index in [1.165, 1.54) is 17.0 Å². The predicted molar refractivity (Wildman–Crippen MR) is 73.0 cm³/mol. The highest BCUT2D eigenvalue weighted by Crippen LogP contribution is 2.14. The first kappa shape index (κ1) is 16.1. The highest BCUT2D eigenvalue weighted by Gasteiger charge is 2.24. The molecule has 0 aliphatic rings. The molecule has 0 bridgehead atoms. The minimum atomic E-state index is -3.57. The number of quaternary nitrogens is 1. The van der Waals surface area contributed by atoms with Gasteiger partial charge in [0.2, 0.25) is 10.0 Å². The molecule has 0 radical (unpaired) electrons. The summed E-state index contributed by atoms with van der Waals surface area (Å²) >= 11 is 0. The van der Waals surface area contributed by atoms with Crippen molar-refractivity contribution in [2.45, 2.75) is 18.7 Å². The molecule has 0 aromatic heterocycles. The molecule has 108 valence electrons. The summed E-state index contributed by atoms with van der Waals surface area (Å²) in [6.45, 7) is 5.21. The van der Waals surface area contributed by atoms with Gasteiger partial charge in [0, 0.05) is 12.0 Å². The second kappa shape index (κ2) is 5.98.